The Morgan fingerprint density at radius 2 is 1.97 bits per heavy atom. The number of hydrogen-bond acceptors (Lipinski definition) is 4. The zero-order chi connectivity index (χ0) is 20.6. The number of carbonyl (C=O) groups excluding carboxylic acids is 1. The van der Waals surface area contributed by atoms with Gasteiger partial charge in [-0.15, -0.1) is 11.3 Å². The zero-order valence-corrected chi connectivity index (χ0v) is 18.7. The molecule has 158 valence electrons. The molecule has 0 radical (unpaired) electrons. The number of nitrogens with one attached hydrogen (secondary N) is 2. The highest BCUT2D eigenvalue weighted by atomic mass is 32.1. The maximum Gasteiger partial charge on any atom is 0.315 e. The number of carbonyl (C=O) groups is 1. The number of amides is 2. The molecule has 6 heteroatoms. The van der Waals surface area contributed by atoms with Crippen LogP contribution in [0, 0.1) is 5.92 Å². The summed E-state index contributed by atoms with van der Waals surface area (Å²) in [5, 5.41) is 8.04. The smallest absolute Gasteiger partial charge is 0.315 e. The Kier molecular flexibility index (Phi) is 8.09. The van der Waals surface area contributed by atoms with Crippen molar-refractivity contribution >= 4 is 17.4 Å². The van der Waals surface area contributed by atoms with Crippen molar-refractivity contribution in [2.45, 2.75) is 38.9 Å². The number of hydrogen-bond donors (Lipinski definition) is 2. The molecule has 1 fully saturated rings. The molecule has 1 aromatic heterocycles. The van der Waals surface area contributed by atoms with E-state index in [2.05, 4.69) is 63.1 Å². The Hall–Kier alpha value is -1.89. The molecule has 0 aliphatic carbocycles. The Morgan fingerprint density at radius 1 is 1.21 bits per heavy atom. The van der Waals surface area contributed by atoms with Crippen LogP contribution in [-0.2, 0) is 13.1 Å². The fourth-order valence-corrected chi connectivity index (χ4v) is 4.83. The largest absolute Gasteiger partial charge is 0.336 e. The van der Waals surface area contributed by atoms with E-state index in [0.717, 1.165) is 18.0 Å². The molecule has 2 unspecified atom stereocenters. The summed E-state index contributed by atoms with van der Waals surface area (Å²) in [6.07, 6.45) is 2.66. The lowest BCUT2D eigenvalue weighted by atomic mass is 9.99. The van der Waals surface area contributed by atoms with Gasteiger partial charge in [-0.05, 0) is 62.0 Å². The van der Waals surface area contributed by atoms with Gasteiger partial charge in [-0.2, -0.15) is 0 Å². The molecule has 0 saturated carbocycles. The first-order valence-electron chi connectivity index (χ1n) is 10.5. The standard InChI is InChI=1S/C23H34N4OS/c1-18-6-4-12-27(16-18)17-20-10-8-19(9-11-20)14-24-23(28)25-15-21(26(2)3)22-7-5-13-29-22/h5,7-11,13,18,21H,4,6,12,14-17H2,1-3H3,(H2,24,25,28). The summed E-state index contributed by atoms with van der Waals surface area (Å²) in [7, 11) is 4.08. The Balaban J connectivity index is 1.41. The second-order valence-corrected chi connectivity index (χ2v) is 9.34. The molecule has 2 N–H and O–H groups in total. The van der Waals surface area contributed by atoms with Crippen LogP contribution < -0.4 is 10.6 Å². The average Bonchev–Trinajstić information content (AvgIpc) is 3.22. The van der Waals surface area contributed by atoms with Gasteiger partial charge in [0.1, 0.15) is 0 Å². The summed E-state index contributed by atoms with van der Waals surface area (Å²) in [4.78, 5) is 18.2. The third-order valence-corrected chi connectivity index (χ3v) is 6.55. The molecule has 2 aromatic rings. The number of piperidine rings is 1. The van der Waals surface area contributed by atoms with Crippen molar-refractivity contribution in [3.63, 3.8) is 0 Å². The predicted octanol–water partition coefficient (Wildman–Crippen LogP) is 4.08. The number of thiophene rings is 1. The SMILES string of the molecule is CC1CCCN(Cc2ccc(CNC(=O)NCC(c3cccs3)N(C)C)cc2)C1. The van der Waals surface area contributed by atoms with Gasteiger partial charge in [-0.1, -0.05) is 37.3 Å². The molecule has 0 bridgehead atoms. The summed E-state index contributed by atoms with van der Waals surface area (Å²) in [6, 6.07) is 12.8. The van der Waals surface area contributed by atoms with Crippen LogP contribution in [0.1, 0.15) is 41.8 Å². The molecule has 2 atom stereocenters. The molecule has 1 aliphatic rings. The quantitative estimate of drug-likeness (QED) is 0.684. The molecule has 0 spiro atoms. The number of rotatable bonds is 8. The lowest BCUT2D eigenvalue weighted by molar-refractivity contribution is 0.176. The second kappa shape index (κ2) is 10.8. The molecule has 29 heavy (non-hydrogen) atoms. The molecule has 2 heterocycles. The van der Waals surface area contributed by atoms with Crippen molar-refractivity contribution in [3.8, 4) is 0 Å². The van der Waals surface area contributed by atoms with E-state index in [0.29, 0.717) is 13.1 Å². The van der Waals surface area contributed by atoms with Gasteiger partial charge in [0.2, 0.25) is 0 Å². The van der Waals surface area contributed by atoms with E-state index >= 15 is 0 Å². The predicted molar refractivity (Wildman–Crippen MR) is 121 cm³/mol. The highest BCUT2D eigenvalue weighted by molar-refractivity contribution is 7.10. The maximum absolute atomic E-state index is 12.2. The molecule has 3 rings (SSSR count). The summed E-state index contributed by atoms with van der Waals surface area (Å²) in [5.41, 5.74) is 2.47. The molecule has 2 amide bonds. The summed E-state index contributed by atoms with van der Waals surface area (Å²) in [5.74, 6) is 0.803. The van der Waals surface area contributed by atoms with Crippen LogP contribution >= 0.6 is 11.3 Å². The maximum atomic E-state index is 12.2. The lowest BCUT2D eigenvalue weighted by Crippen LogP contribution is -2.40. The number of benzene rings is 1. The number of likely N-dealkylation sites (tertiary alicyclic amines) is 1. The van der Waals surface area contributed by atoms with Gasteiger partial charge in [0.15, 0.2) is 0 Å². The van der Waals surface area contributed by atoms with Gasteiger partial charge in [-0.25, -0.2) is 4.79 Å². The minimum Gasteiger partial charge on any atom is -0.336 e. The third kappa shape index (κ3) is 6.84. The van der Waals surface area contributed by atoms with Crippen molar-refractivity contribution in [2.75, 3.05) is 33.7 Å². The van der Waals surface area contributed by atoms with E-state index in [1.807, 2.05) is 20.2 Å². The van der Waals surface area contributed by atoms with Gasteiger partial charge < -0.3 is 15.5 Å². The van der Waals surface area contributed by atoms with E-state index in [-0.39, 0.29) is 12.1 Å². The van der Waals surface area contributed by atoms with Crippen LogP contribution in [0.5, 0.6) is 0 Å². The van der Waals surface area contributed by atoms with E-state index in [1.54, 1.807) is 11.3 Å². The van der Waals surface area contributed by atoms with E-state index < -0.39 is 0 Å². The number of nitrogens with zero attached hydrogens (tertiary/aromatic N) is 2. The average molecular weight is 415 g/mol. The first-order valence-corrected chi connectivity index (χ1v) is 11.4. The Morgan fingerprint density at radius 3 is 2.62 bits per heavy atom. The molecule has 1 saturated heterocycles. The molecular formula is C23H34N4OS. The van der Waals surface area contributed by atoms with Crippen LogP contribution in [0.2, 0.25) is 0 Å². The van der Waals surface area contributed by atoms with Crippen LogP contribution in [0.3, 0.4) is 0 Å². The Labute approximate surface area is 179 Å². The minimum absolute atomic E-state index is 0.125. The van der Waals surface area contributed by atoms with Crippen molar-refractivity contribution in [2.24, 2.45) is 5.92 Å². The van der Waals surface area contributed by atoms with Gasteiger partial charge in [0, 0.05) is 31.1 Å². The normalized spacial score (nSPS) is 18.6. The van der Waals surface area contributed by atoms with Gasteiger partial charge >= 0.3 is 6.03 Å². The summed E-state index contributed by atoms with van der Waals surface area (Å²) >= 11 is 1.72. The molecule has 5 nitrogen and oxygen atoms in total. The lowest BCUT2D eigenvalue weighted by Gasteiger charge is -2.30. The van der Waals surface area contributed by atoms with Crippen molar-refractivity contribution in [1.29, 1.82) is 0 Å². The van der Waals surface area contributed by atoms with Gasteiger partial charge in [0.05, 0.1) is 6.04 Å². The van der Waals surface area contributed by atoms with E-state index in [9.17, 15) is 4.79 Å². The van der Waals surface area contributed by atoms with Crippen LogP contribution in [0.15, 0.2) is 41.8 Å². The topological polar surface area (TPSA) is 47.6 Å². The Bertz CT molecular complexity index is 745. The highest BCUT2D eigenvalue weighted by Gasteiger charge is 2.17. The second-order valence-electron chi connectivity index (χ2n) is 8.36. The first-order chi connectivity index (χ1) is 14.0. The third-order valence-electron chi connectivity index (χ3n) is 5.57. The fourth-order valence-electron chi connectivity index (χ4n) is 3.90. The van der Waals surface area contributed by atoms with Gasteiger partial charge in [-0.3, -0.25) is 4.90 Å². The zero-order valence-electron chi connectivity index (χ0n) is 17.9. The van der Waals surface area contributed by atoms with Crippen LogP contribution in [0.25, 0.3) is 0 Å². The summed E-state index contributed by atoms with van der Waals surface area (Å²) in [6.45, 7) is 6.89. The first kappa shape index (κ1) is 21.8. The van der Waals surface area contributed by atoms with Crippen LogP contribution in [-0.4, -0.2) is 49.6 Å². The van der Waals surface area contributed by atoms with E-state index in [1.165, 1.54) is 36.4 Å². The molecule has 1 aromatic carbocycles. The number of urea groups is 1. The van der Waals surface area contributed by atoms with Crippen LogP contribution in [0.4, 0.5) is 4.79 Å². The number of likely N-dealkylation sites (N-methyl/N-ethyl adjacent to an activating group) is 1. The van der Waals surface area contributed by atoms with Crippen molar-refractivity contribution in [3.05, 3.63) is 57.8 Å². The van der Waals surface area contributed by atoms with Crippen molar-refractivity contribution in [1.82, 2.24) is 20.4 Å². The molecule has 1 aliphatic heterocycles. The van der Waals surface area contributed by atoms with E-state index in [4.69, 9.17) is 0 Å². The monoisotopic (exact) mass is 414 g/mol. The summed E-state index contributed by atoms with van der Waals surface area (Å²) < 4.78 is 0. The minimum atomic E-state index is -0.125. The fraction of sp³-hybridized carbons (Fsp3) is 0.522. The molecular weight excluding hydrogens is 380 g/mol. The van der Waals surface area contributed by atoms with Crippen molar-refractivity contribution < 1.29 is 4.79 Å². The van der Waals surface area contributed by atoms with Gasteiger partial charge in [0.25, 0.3) is 0 Å². The highest BCUT2D eigenvalue weighted by Crippen LogP contribution is 2.22.